The lowest BCUT2D eigenvalue weighted by molar-refractivity contribution is 0.0686. The number of carboxylic acids is 1. The fourth-order valence-corrected chi connectivity index (χ4v) is 3.30. The number of H-pyrrole nitrogens is 1. The molecule has 7 nitrogen and oxygen atoms in total. The van der Waals surface area contributed by atoms with Crippen molar-refractivity contribution in [1.29, 1.82) is 0 Å². The average Bonchev–Trinajstić information content (AvgIpc) is 2.80. The molecule has 21 heavy (non-hydrogen) atoms. The number of hydrogen-bond acceptors (Lipinski definition) is 4. The first-order valence-corrected chi connectivity index (χ1v) is 7.22. The van der Waals surface area contributed by atoms with Gasteiger partial charge < -0.3 is 5.11 Å². The van der Waals surface area contributed by atoms with Gasteiger partial charge in [-0.3, -0.25) is 9.40 Å². The summed E-state index contributed by atoms with van der Waals surface area (Å²) >= 11 is 0. The second-order valence-electron chi connectivity index (χ2n) is 4.28. The maximum Gasteiger partial charge on any atom is 0.357 e. The molecule has 1 aromatic heterocycles. The Bertz CT molecular complexity index is 801. The number of aromatic carboxylic acids is 1. The van der Waals surface area contributed by atoms with Crippen LogP contribution in [0.15, 0.2) is 29.2 Å². The molecule has 0 spiro atoms. The van der Waals surface area contributed by atoms with Crippen molar-refractivity contribution in [3.05, 3.63) is 41.5 Å². The number of halogens is 1. The van der Waals surface area contributed by atoms with Gasteiger partial charge in [0.1, 0.15) is 10.7 Å². The van der Waals surface area contributed by atoms with Gasteiger partial charge in [0.15, 0.2) is 5.69 Å². The molecule has 0 aliphatic rings. The molecule has 0 amide bonds. The van der Waals surface area contributed by atoms with Crippen molar-refractivity contribution in [3.8, 4) is 0 Å². The van der Waals surface area contributed by atoms with E-state index in [-0.39, 0.29) is 11.4 Å². The first kappa shape index (κ1) is 15.0. The standard InChI is InChI=1S/C12H12FN3O4S/c1-7-11(10(12(17)18)15-14-7)21(19,20)16(2)9-5-3-4-8(13)6-9/h3-6H,1-2H3,(H,14,15)(H,17,18). The second-order valence-corrected chi connectivity index (χ2v) is 6.19. The molecular formula is C12H12FN3O4S. The Balaban J connectivity index is 2.57. The van der Waals surface area contributed by atoms with Crippen LogP contribution in [0.4, 0.5) is 10.1 Å². The lowest BCUT2D eigenvalue weighted by Gasteiger charge is -2.19. The van der Waals surface area contributed by atoms with Gasteiger partial charge in [-0.2, -0.15) is 5.10 Å². The fourth-order valence-electron chi connectivity index (χ4n) is 1.83. The number of nitrogens with one attached hydrogen (secondary N) is 1. The summed E-state index contributed by atoms with van der Waals surface area (Å²) in [5.41, 5.74) is -0.432. The molecule has 0 bridgehead atoms. The van der Waals surface area contributed by atoms with Crippen LogP contribution in [0.3, 0.4) is 0 Å². The number of aromatic nitrogens is 2. The van der Waals surface area contributed by atoms with Crippen molar-refractivity contribution < 1.29 is 22.7 Å². The molecule has 0 radical (unpaired) electrons. The zero-order valence-corrected chi connectivity index (χ0v) is 12.0. The Kier molecular flexibility index (Phi) is 3.69. The van der Waals surface area contributed by atoms with Crippen LogP contribution in [0.2, 0.25) is 0 Å². The lowest BCUT2D eigenvalue weighted by atomic mass is 10.3. The lowest BCUT2D eigenvalue weighted by Crippen LogP contribution is -2.28. The topological polar surface area (TPSA) is 103 Å². The number of aryl methyl sites for hydroxylation is 1. The van der Waals surface area contributed by atoms with E-state index in [0.717, 1.165) is 10.4 Å². The van der Waals surface area contributed by atoms with Crippen LogP contribution in [0, 0.1) is 12.7 Å². The van der Waals surface area contributed by atoms with Gasteiger partial charge in [-0.05, 0) is 25.1 Å². The van der Waals surface area contributed by atoms with E-state index in [1.54, 1.807) is 0 Å². The Morgan fingerprint density at radius 2 is 2.10 bits per heavy atom. The third kappa shape index (κ3) is 2.59. The minimum atomic E-state index is -4.18. The van der Waals surface area contributed by atoms with Crippen LogP contribution in [0.5, 0.6) is 0 Å². The van der Waals surface area contributed by atoms with E-state index in [4.69, 9.17) is 5.11 Å². The molecule has 1 aromatic carbocycles. The zero-order valence-electron chi connectivity index (χ0n) is 11.2. The van der Waals surface area contributed by atoms with E-state index in [0.29, 0.717) is 0 Å². The molecule has 0 fully saturated rings. The first-order valence-electron chi connectivity index (χ1n) is 5.78. The quantitative estimate of drug-likeness (QED) is 0.887. The highest BCUT2D eigenvalue weighted by Gasteiger charge is 2.32. The summed E-state index contributed by atoms with van der Waals surface area (Å²) < 4.78 is 39.1. The molecule has 0 saturated carbocycles. The number of carbonyl (C=O) groups is 1. The van der Waals surface area contributed by atoms with Gasteiger partial charge >= 0.3 is 5.97 Å². The van der Waals surface area contributed by atoms with Gasteiger partial charge in [-0.15, -0.1) is 0 Å². The SMILES string of the molecule is Cc1[nH]nc(C(=O)O)c1S(=O)(=O)N(C)c1cccc(F)c1. The summed E-state index contributed by atoms with van der Waals surface area (Å²) in [5, 5.41) is 14.8. The normalized spacial score (nSPS) is 11.4. The van der Waals surface area contributed by atoms with Gasteiger partial charge in [0, 0.05) is 7.05 Å². The van der Waals surface area contributed by atoms with Crippen LogP contribution in [-0.4, -0.2) is 36.7 Å². The van der Waals surface area contributed by atoms with Crippen LogP contribution in [-0.2, 0) is 10.0 Å². The van der Waals surface area contributed by atoms with Crippen molar-refractivity contribution in [2.45, 2.75) is 11.8 Å². The smallest absolute Gasteiger partial charge is 0.357 e. The maximum atomic E-state index is 13.2. The highest BCUT2D eigenvalue weighted by molar-refractivity contribution is 7.93. The minimum Gasteiger partial charge on any atom is -0.476 e. The van der Waals surface area contributed by atoms with E-state index in [9.17, 15) is 17.6 Å². The van der Waals surface area contributed by atoms with E-state index < -0.39 is 32.4 Å². The summed E-state index contributed by atoms with van der Waals surface area (Å²) in [6, 6.07) is 4.97. The largest absolute Gasteiger partial charge is 0.476 e. The number of carboxylic acid groups (broad SMARTS) is 1. The van der Waals surface area contributed by atoms with E-state index in [1.165, 1.54) is 32.2 Å². The zero-order chi connectivity index (χ0) is 15.8. The van der Waals surface area contributed by atoms with E-state index in [2.05, 4.69) is 10.2 Å². The van der Waals surface area contributed by atoms with Crippen molar-refractivity contribution in [3.63, 3.8) is 0 Å². The maximum absolute atomic E-state index is 13.2. The summed E-state index contributed by atoms with van der Waals surface area (Å²) in [7, 11) is -2.97. The Morgan fingerprint density at radius 1 is 1.43 bits per heavy atom. The molecule has 0 aliphatic carbocycles. The van der Waals surface area contributed by atoms with Gasteiger partial charge in [0.05, 0.1) is 11.4 Å². The summed E-state index contributed by atoms with van der Waals surface area (Å²) in [6.45, 7) is 1.39. The van der Waals surface area contributed by atoms with Crippen molar-refractivity contribution >= 4 is 21.7 Å². The minimum absolute atomic E-state index is 0.0759. The van der Waals surface area contributed by atoms with Crippen molar-refractivity contribution in [2.24, 2.45) is 0 Å². The molecule has 2 rings (SSSR count). The highest BCUT2D eigenvalue weighted by Crippen LogP contribution is 2.26. The molecule has 0 saturated heterocycles. The number of anilines is 1. The second kappa shape index (κ2) is 5.17. The molecule has 2 N–H and O–H groups in total. The molecule has 2 aromatic rings. The van der Waals surface area contributed by atoms with E-state index in [1.807, 2.05) is 0 Å². The Hall–Kier alpha value is -2.42. The number of benzene rings is 1. The number of hydrogen-bond donors (Lipinski definition) is 2. The number of rotatable bonds is 4. The van der Waals surface area contributed by atoms with E-state index >= 15 is 0 Å². The summed E-state index contributed by atoms with van der Waals surface area (Å²) in [5.74, 6) is -2.07. The fraction of sp³-hybridized carbons (Fsp3) is 0.167. The molecule has 1 heterocycles. The third-order valence-electron chi connectivity index (χ3n) is 2.88. The molecule has 0 aliphatic heterocycles. The van der Waals surface area contributed by atoms with Gasteiger partial charge in [0.2, 0.25) is 0 Å². The monoisotopic (exact) mass is 313 g/mol. The van der Waals surface area contributed by atoms with Crippen molar-refractivity contribution in [2.75, 3.05) is 11.4 Å². The Morgan fingerprint density at radius 3 is 2.67 bits per heavy atom. The average molecular weight is 313 g/mol. The molecule has 0 unspecified atom stereocenters. The van der Waals surface area contributed by atoms with Crippen molar-refractivity contribution in [1.82, 2.24) is 10.2 Å². The van der Waals surface area contributed by atoms with Gasteiger partial charge in [0.25, 0.3) is 10.0 Å². The third-order valence-corrected chi connectivity index (χ3v) is 4.83. The summed E-state index contributed by atoms with van der Waals surface area (Å²) in [6.07, 6.45) is 0. The summed E-state index contributed by atoms with van der Waals surface area (Å²) in [4.78, 5) is 10.6. The van der Waals surface area contributed by atoms with Gasteiger partial charge in [-0.1, -0.05) is 6.07 Å². The predicted molar refractivity (Wildman–Crippen MR) is 72.3 cm³/mol. The van der Waals surface area contributed by atoms with Crippen LogP contribution in [0.25, 0.3) is 0 Å². The van der Waals surface area contributed by atoms with Crippen LogP contribution < -0.4 is 4.31 Å². The first-order chi connectivity index (χ1) is 9.75. The van der Waals surface area contributed by atoms with Crippen LogP contribution in [0.1, 0.15) is 16.2 Å². The predicted octanol–water partition coefficient (Wildman–Crippen LogP) is 1.38. The Labute approximate surface area is 120 Å². The molecule has 9 heteroatoms. The number of nitrogens with zero attached hydrogens (tertiary/aromatic N) is 2. The van der Waals surface area contributed by atoms with Gasteiger partial charge in [-0.25, -0.2) is 17.6 Å². The number of aromatic amines is 1. The molecule has 0 atom stereocenters. The highest BCUT2D eigenvalue weighted by atomic mass is 32.2. The molecule has 112 valence electrons. The van der Waals surface area contributed by atoms with Crippen LogP contribution >= 0.6 is 0 Å². The number of sulfonamides is 1. The molecular weight excluding hydrogens is 301 g/mol.